The van der Waals surface area contributed by atoms with E-state index < -0.39 is 48.5 Å². The summed E-state index contributed by atoms with van der Waals surface area (Å²) in [5.41, 5.74) is 5.30. The molecule has 2 aromatic rings. The van der Waals surface area contributed by atoms with E-state index in [-0.39, 0.29) is 23.9 Å². The van der Waals surface area contributed by atoms with E-state index in [9.17, 15) is 26.7 Å². The van der Waals surface area contributed by atoms with Gasteiger partial charge < -0.3 is 15.4 Å². The van der Waals surface area contributed by atoms with Gasteiger partial charge in [-0.05, 0) is 31.0 Å². The number of hydrogen-bond donors (Lipinski definition) is 1. The smallest absolute Gasteiger partial charge is 0.417 e. The van der Waals surface area contributed by atoms with Crippen molar-refractivity contribution in [3.8, 4) is 5.88 Å². The second kappa shape index (κ2) is 8.27. The molecule has 2 unspecified atom stereocenters. The van der Waals surface area contributed by atoms with Crippen LogP contribution in [0.3, 0.4) is 0 Å². The summed E-state index contributed by atoms with van der Waals surface area (Å²) in [4.78, 5) is 21.7. The fourth-order valence-corrected chi connectivity index (χ4v) is 3.50. The summed E-state index contributed by atoms with van der Waals surface area (Å²) in [6, 6.07) is 4.13. The van der Waals surface area contributed by atoms with Crippen LogP contribution in [0.2, 0.25) is 0 Å². The zero-order valence-electron chi connectivity index (χ0n) is 16.8. The Bertz CT molecular complexity index is 950. The third-order valence-corrected chi connectivity index (χ3v) is 5.07. The Kier molecular flexibility index (Phi) is 6.06. The van der Waals surface area contributed by atoms with Crippen LogP contribution in [-0.4, -0.2) is 45.9 Å². The van der Waals surface area contributed by atoms with E-state index in [4.69, 9.17) is 10.5 Å². The average molecular weight is 444 g/mol. The molecule has 168 valence electrons. The quantitative estimate of drug-likeness (QED) is 0.723. The molecule has 1 aliphatic heterocycles. The third kappa shape index (κ3) is 5.20. The number of likely N-dealkylation sites (tertiary alicyclic amines) is 1. The minimum Gasteiger partial charge on any atom is -0.475 e. The summed E-state index contributed by atoms with van der Waals surface area (Å²) >= 11 is 0. The Balaban J connectivity index is 1.82. The number of anilines is 1. The van der Waals surface area contributed by atoms with Gasteiger partial charge in [-0.15, -0.1) is 0 Å². The number of carbonyl (C=O) groups is 1. The maximum Gasteiger partial charge on any atom is 0.417 e. The van der Waals surface area contributed by atoms with Crippen LogP contribution in [0.5, 0.6) is 5.88 Å². The molecule has 6 nitrogen and oxygen atoms in total. The number of hydrogen-bond acceptors (Lipinski definition) is 5. The Labute approximate surface area is 175 Å². The van der Waals surface area contributed by atoms with Gasteiger partial charge >= 0.3 is 6.18 Å². The van der Waals surface area contributed by atoms with Crippen molar-refractivity contribution in [1.29, 1.82) is 0 Å². The van der Waals surface area contributed by atoms with Crippen LogP contribution in [-0.2, 0) is 6.18 Å². The van der Waals surface area contributed by atoms with Crippen molar-refractivity contribution in [2.75, 3.05) is 18.9 Å². The molecule has 0 saturated carbocycles. The van der Waals surface area contributed by atoms with Gasteiger partial charge in [-0.2, -0.15) is 13.2 Å². The van der Waals surface area contributed by atoms with Crippen molar-refractivity contribution in [1.82, 2.24) is 14.9 Å². The van der Waals surface area contributed by atoms with Crippen molar-refractivity contribution in [2.45, 2.75) is 38.4 Å². The molecule has 0 aliphatic carbocycles. The van der Waals surface area contributed by atoms with E-state index in [1.165, 1.54) is 6.07 Å². The lowest BCUT2D eigenvalue weighted by molar-refractivity contribution is -0.137. The molecule has 1 amide bonds. The number of alkyl halides is 5. The predicted octanol–water partition coefficient (Wildman–Crippen LogP) is 3.95. The van der Waals surface area contributed by atoms with Gasteiger partial charge in [0.25, 0.3) is 11.8 Å². The average Bonchev–Trinajstić information content (AvgIpc) is 2.67. The minimum atomic E-state index is -4.54. The van der Waals surface area contributed by atoms with Crippen LogP contribution in [0.25, 0.3) is 0 Å². The Morgan fingerprint density at radius 2 is 2.00 bits per heavy atom. The van der Waals surface area contributed by atoms with E-state index in [0.29, 0.717) is 11.9 Å². The first-order valence-corrected chi connectivity index (χ1v) is 9.45. The highest BCUT2D eigenvalue weighted by atomic mass is 19.4. The van der Waals surface area contributed by atoms with Gasteiger partial charge in [0.15, 0.2) is 5.69 Å². The van der Waals surface area contributed by atoms with Crippen molar-refractivity contribution in [3.05, 3.63) is 47.4 Å². The minimum absolute atomic E-state index is 0.0567. The number of aryl methyl sites for hydroxylation is 1. The number of piperidine rings is 1. The largest absolute Gasteiger partial charge is 0.475 e. The second-order valence-electron chi connectivity index (χ2n) is 7.62. The van der Waals surface area contributed by atoms with Crippen LogP contribution in [0.4, 0.5) is 27.6 Å². The Morgan fingerprint density at radius 3 is 2.61 bits per heavy atom. The summed E-state index contributed by atoms with van der Waals surface area (Å²) in [7, 11) is 0. The number of amides is 1. The molecule has 3 heterocycles. The van der Waals surface area contributed by atoms with Crippen molar-refractivity contribution in [2.24, 2.45) is 5.92 Å². The summed E-state index contributed by atoms with van der Waals surface area (Å²) < 4.78 is 72.0. The first-order chi connectivity index (χ1) is 14.4. The normalized spacial score (nSPS) is 21.1. The van der Waals surface area contributed by atoms with E-state index in [0.717, 1.165) is 17.0 Å². The molecular formula is C20H21F5N4O2. The molecule has 1 aliphatic rings. The second-order valence-corrected chi connectivity index (χ2v) is 7.62. The standard InChI is InChI=1S/C20H21F5N4O2/c1-11-7-19(21,22)10-29(18(30)17-14(26)5-3-12(2)28-17)15(11)9-31-16-6-4-13(8-27-16)20(23,24)25/h3-6,8,11,15H,7,9-10,26H2,1-2H3. The number of carbonyl (C=O) groups excluding carboxylic acids is 1. The Hall–Kier alpha value is -2.98. The van der Waals surface area contributed by atoms with Gasteiger partial charge in [-0.3, -0.25) is 4.79 Å². The highest BCUT2D eigenvalue weighted by Crippen LogP contribution is 2.36. The lowest BCUT2D eigenvalue weighted by Crippen LogP contribution is -2.57. The van der Waals surface area contributed by atoms with Gasteiger partial charge in [0, 0.05) is 24.4 Å². The van der Waals surface area contributed by atoms with Crippen LogP contribution >= 0.6 is 0 Å². The maximum atomic E-state index is 14.2. The molecule has 0 spiro atoms. The number of aromatic nitrogens is 2. The molecule has 1 saturated heterocycles. The molecular weight excluding hydrogens is 423 g/mol. The topological polar surface area (TPSA) is 81.3 Å². The van der Waals surface area contributed by atoms with Crippen LogP contribution < -0.4 is 10.5 Å². The summed E-state index contributed by atoms with van der Waals surface area (Å²) in [6.07, 6.45) is -4.39. The number of nitrogens with zero attached hydrogens (tertiary/aromatic N) is 3. The molecule has 31 heavy (non-hydrogen) atoms. The first-order valence-electron chi connectivity index (χ1n) is 9.45. The number of nitrogen functional groups attached to an aromatic ring is 1. The van der Waals surface area contributed by atoms with Gasteiger partial charge in [-0.25, -0.2) is 18.7 Å². The van der Waals surface area contributed by atoms with E-state index in [1.807, 2.05) is 0 Å². The zero-order chi connectivity index (χ0) is 23.0. The van der Waals surface area contributed by atoms with E-state index in [1.54, 1.807) is 19.9 Å². The summed E-state index contributed by atoms with van der Waals surface area (Å²) in [5.74, 6) is -4.65. The molecule has 1 fully saturated rings. The van der Waals surface area contributed by atoms with E-state index in [2.05, 4.69) is 9.97 Å². The number of ether oxygens (including phenoxy) is 1. The highest BCUT2D eigenvalue weighted by Gasteiger charge is 2.47. The number of rotatable bonds is 4. The fraction of sp³-hybridized carbons (Fsp3) is 0.450. The molecule has 2 N–H and O–H groups in total. The molecule has 0 aromatic carbocycles. The van der Waals surface area contributed by atoms with Gasteiger partial charge in [0.05, 0.1) is 23.8 Å². The van der Waals surface area contributed by atoms with Crippen LogP contribution in [0, 0.1) is 12.8 Å². The molecule has 0 bridgehead atoms. The van der Waals surface area contributed by atoms with Crippen LogP contribution in [0.15, 0.2) is 30.5 Å². The predicted molar refractivity (Wildman–Crippen MR) is 102 cm³/mol. The molecule has 11 heteroatoms. The molecule has 3 rings (SSSR count). The summed E-state index contributed by atoms with van der Waals surface area (Å²) in [5, 5.41) is 0. The zero-order valence-corrected chi connectivity index (χ0v) is 16.8. The Morgan fingerprint density at radius 1 is 1.29 bits per heavy atom. The summed E-state index contributed by atoms with van der Waals surface area (Å²) in [6.45, 7) is 2.11. The lowest BCUT2D eigenvalue weighted by Gasteiger charge is -2.43. The number of nitrogens with two attached hydrogens (primary N) is 1. The number of halogens is 5. The molecule has 2 atom stereocenters. The highest BCUT2D eigenvalue weighted by molar-refractivity contribution is 5.97. The molecule has 2 aromatic heterocycles. The van der Waals surface area contributed by atoms with Gasteiger partial charge in [-0.1, -0.05) is 6.92 Å². The van der Waals surface area contributed by atoms with Crippen molar-refractivity contribution < 1.29 is 31.5 Å². The SMILES string of the molecule is Cc1ccc(N)c(C(=O)N2CC(F)(F)CC(C)C2COc2ccc(C(F)(F)F)cn2)n1. The third-order valence-electron chi connectivity index (χ3n) is 5.07. The van der Waals surface area contributed by atoms with E-state index >= 15 is 0 Å². The van der Waals surface area contributed by atoms with Crippen molar-refractivity contribution in [3.63, 3.8) is 0 Å². The number of pyridine rings is 2. The van der Waals surface area contributed by atoms with Crippen LogP contribution in [0.1, 0.15) is 35.1 Å². The monoisotopic (exact) mass is 444 g/mol. The maximum absolute atomic E-state index is 14.2. The fourth-order valence-electron chi connectivity index (χ4n) is 3.50. The lowest BCUT2D eigenvalue weighted by atomic mass is 9.88. The van der Waals surface area contributed by atoms with Gasteiger partial charge in [0.1, 0.15) is 6.61 Å². The van der Waals surface area contributed by atoms with Gasteiger partial charge in [0.2, 0.25) is 5.88 Å². The molecule has 0 radical (unpaired) electrons. The first kappa shape index (κ1) is 22.7. The van der Waals surface area contributed by atoms with Crippen molar-refractivity contribution >= 4 is 11.6 Å².